The first-order valence-electron chi connectivity index (χ1n) is 7.15. The summed E-state index contributed by atoms with van der Waals surface area (Å²) in [4.78, 5) is 0. The molecule has 1 aromatic heterocycles. The summed E-state index contributed by atoms with van der Waals surface area (Å²) in [5.74, 6) is 1.30. The molecular formula is C17H16FN3O3. The van der Waals surface area contributed by atoms with Crippen molar-refractivity contribution in [3.05, 3.63) is 42.2 Å². The van der Waals surface area contributed by atoms with Crippen LogP contribution in [0.4, 0.5) is 4.39 Å². The Morgan fingerprint density at radius 2 is 1.58 bits per heavy atom. The van der Waals surface area contributed by atoms with E-state index in [1.165, 1.54) is 12.1 Å². The van der Waals surface area contributed by atoms with Crippen molar-refractivity contribution in [3.8, 4) is 39.8 Å². The van der Waals surface area contributed by atoms with E-state index in [-0.39, 0.29) is 5.82 Å². The van der Waals surface area contributed by atoms with Crippen molar-refractivity contribution in [1.29, 1.82) is 0 Å². The second kappa shape index (κ2) is 6.57. The second-order valence-corrected chi connectivity index (χ2v) is 4.94. The third-order valence-electron chi connectivity index (χ3n) is 3.61. The Balaban J connectivity index is 2.20. The molecule has 0 fully saturated rings. The number of hydrogen-bond acceptors (Lipinski definition) is 5. The molecule has 0 aliphatic carbocycles. The monoisotopic (exact) mass is 329 g/mol. The second-order valence-electron chi connectivity index (χ2n) is 4.94. The van der Waals surface area contributed by atoms with Crippen molar-refractivity contribution in [2.45, 2.75) is 0 Å². The van der Waals surface area contributed by atoms with E-state index in [4.69, 9.17) is 14.2 Å². The fraction of sp³-hybridized carbons (Fsp3) is 0.176. The predicted molar refractivity (Wildman–Crippen MR) is 86.9 cm³/mol. The number of ether oxygens (including phenoxy) is 3. The Kier molecular flexibility index (Phi) is 4.33. The number of methoxy groups -OCH3 is 3. The number of nitrogens with one attached hydrogen (secondary N) is 1. The number of H-pyrrole nitrogens is 1. The highest BCUT2D eigenvalue weighted by atomic mass is 19.1. The first kappa shape index (κ1) is 15.8. The van der Waals surface area contributed by atoms with Crippen LogP contribution in [-0.2, 0) is 0 Å². The van der Waals surface area contributed by atoms with Crippen LogP contribution in [0.15, 0.2) is 36.4 Å². The molecule has 0 aliphatic heterocycles. The first-order chi connectivity index (χ1) is 11.7. The summed E-state index contributed by atoms with van der Waals surface area (Å²) < 4.78 is 29.3. The van der Waals surface area contributed by atoms with Crippen molar-refractivity contribution < 1.29 is 18.6 Å². The number of nitrogens with zero attached hydrogens (tertiary/aromatic N) is 2. The molecule has 0 bridgehead atoms. The average molecular weight is 329 g/mol. The highest BCUT2D eigenvalue weighted by Gasteiger charge is 2.21. The maximum Gasteiger partial charge on any atom is 0.170 e. The van der Waals surface area contributed by atoms with E-state index in [1.807, 2.05) is 0 Å². The smallest absolute Gasteiger partial charge is 0.170 e. The fourth-order valence-electron chi connectivity index (χ4n) is 2.46. The van der Waals surface area contributed by atoms with Crippen LogP contribution in [0.2, 0.25) is 0 Å². The lowest BCUT2D eigenvalue weighted by Crippen LogP contribution is -1.96. The summed E-state index contributed by atoms with van der Waals surface area (Å²) in [7, 11) is 4.66. The van der Waals surface area contributed by atoms with Gasteiger partial charge in [-0.1, -0.05) is 0 Å². The largest absolute Gasteiger partial charge is 0.497 e. The zero-order valence-electron chi connectivity index (χ0n) is 13.5. The minimum absolute atomic E-state index is 0.315. The van der Waals surface area contributed by atoms with E-state index in [1.54, 1.807) is 45.6 Å². The van der Waals surface area contributed by atoms with Crippen molar-refractivity contribution in [1.82, 2.24) is 15.4 Å². The lowest BCUT2D eigenvalue weighted by Gasteiger charge is -2.14. The number of hydrogen-bond donors (Lipinski definition) is 1. The molecule has 2 aromatic carbocycles. The number of halogens is 1. The molecule has 3 aromatic rings. The average Bonchev–Trinajstić information content (AvgIpc) is 3.10. The van der Waals surface area contributed by atoms with E-state index in [2.05, 4.69) is 15.4 Å². The van der Waals surface area contributed by atoms with Crippen LogP contribution in [0.3, 0.4) is 0 Å². The molecule has 6 nitrogen and oxygen atoms in total. The van der Waals surface area contributed by atoms with Gasteiger partial charge in [-0.05, 0) is 30.3 Å². The molecule has 0 saturated heterocycles. The molecule has 0 atom stereocenters. The summed E-state index contributed by atoms with van der Waals surface area (Å²) >= 11 is 0. The van der Waals surface area contributed by atoms with Crippen molar-refractivity contribution in [2.75, 3.05) is 21.3 Å². The Morgan fingerprint density at radius 1 is 0.875 bits per heavy atom. The minimum atomic E-state index is -0.315. The third-order valence-corrected chi connectivity index (χ3v) is 3.61. The van der Waals surface area contributed by atoms with Gasteiger partial charge in [0.2, 0.25) is 0 Å². The summed E-state index contributed by atoms with van der Waals surface area (Å²) in [6, 6.07) is 9.53. The third kappa shape index (κ3) is 2.76. The summed E-state index contributed by atoms with van der Waals surface area (Å²) in [6.45, 7) is 0. The quantitative estimate of drug-likeness (QED) is 0.778. The van der Waals surface area contributed by atoms with Gasteiger partial charge in [0.15, 0.2) is 11.5 Å². The molecular weight excluding hydrogens is 313 g/mol. The van der Waals surface area contributed by atoms with E-state index in [0.717, 1.165) is 5.56 Å². The number of rotatable bonds is 5. The zero-order valence-corrected chi connectivity index (χ0v) is 13.5. The van der Waals surface area contributed by atoms with Gasteiger partial charge in [0.1, 0.15) is 23.0 Å². The molecule has 0 radical (unpaired) electrons. The van der Waals surface area contributed by atoms with E-state index in [0.29, 0.717) is 34.2 Å². The van der Waals surface area contributed by atoms with Crippen LogP contribution >= 0.6 is 0 Å². The Bertz CT molecular complexity index is 847. The van der Waals surface area contributed by atoms with Gasteiger partial charge >= 0.3 is 0 Å². The number of aromatic amines is 1. The van der Waals surface area contributed by atoms with Crippen LogP contribution in [0.1, 0.15) is 0 Å². The highest BCUT2D eigenvalue weighted by Crippen LogP contribution is 2.43. The van der Waals surface area contributed by atoms with Crippen LogP contribution in [0.25, 0.3) is 22.5 Å². The number of benzene rings is 2. The minimum Gasteiger partial charge on any atom is -0.497 e. The highest BCUT2D eigenvalue weighted by molar-refractivity contribution is 5.83. The summed E-state index contributed by atoms with van der Waals surface area (Å²) in [6.07, 6.45) is 0. The fourth-order valence-corrected chi connectivity index (χ4v) is 2.46. The van der Waals surface area contributed by atoms with E-state index < -0.39 is 0 Å². The molecule has 0 unspecified atom stereocenters. The van der Waals surface area contributed by atoms with Crippen LogP contribution in [0.5, 0.6) is 17.2 Å². The Morgan fingerprint density at radius 3 is 2.21 bits per heavy atom. The lowest BCUT2D eigenvalue weighted by molar-refractivity contribution is 0.350. The molecule has 124 valence electrons. The molecule has 0 spiro atoms. The van der Waals surface area contributed by atoms with Crippen molar-refractivity contribution >= 4 is 0 Å². The summed E-state index contributed by atoms with van der Waals surface area (Å²) in [5, 5.41) is 11.0. The SMILES string of the molecule is COc1cc(OC)c(OC)c(-c2n[nH]nc2-c2ccc(F)cc2)c1. The number of aromatic nitrogens is 3. The Hall–Kier alpha value is -3.09. The van der Waals surface area contributed by atoms with Gasteiger partial charge in [0.25, 0.3) is 0 Å². The van der Waals surface area contributed by atoms with Gasteiger partial charge in [-0.15, -0.1) is 0 Å². The van der Waals surface area contributed by atoms with Crippen LogP contribution in [-0.4, -0.2) is 36.7 Å². The van der Waals surface area contributed by atoms with Gasteiger partial charge < -0.3 is 14.2 Å². The lowest BCUT2D eigenvalue weighted by atomic mass is 10.0. The van der Waals surface area contributed by atoms with Gasteiger partial charge in [-0.3, -0.25) is 0 Å². The molecule has 24 heavy (non-hydrogen) atoms. The van der Waals surface area contributed by atoms with Gasteiger partial charge in [0, 0.05) is 11.6 Å². The van der Waals surface area contributed by atoms with Gasteiger partial charge in [-0.25, -0.2) is 4.39 Å². The molecule has 7 heteroatoms. The summed E-state index contributed by atoms with van der Waals surface area (Å²) in [5.41, 5.74) is 2.50. The van der Waals surface area contributed by atoms with Gasteiger partial charge in [0.05, 0.1) is 26.9 Å². The molecule has 1 N–H and O–H groups in total. The molecule has 0 amide bonds. The molecule has 0 aliphatic rings. The zero-order chi connectivity index (χ0) is 17.1. The van der Waals surface area contributed by atoms with Crippen molar-refractivity contribution in [3.63, 3.8) is 0 Å². The van der Waals surface area contributed by atoms with Gasteiger partial charge in [-0.2, -0.15) is 15.4 Å². The van der Waals surface area contributed by atoms with E-state index in [9.17, 15) is 4.39 Å². The predicted octanol–water partition coefficient (Wildman–Crippen LogP) is 3.30. The van der Waals surface area contributed by atoms with Crippen LogP contribution in [0, 0.1) is 5.82 Å². The Labute approximate surface area is 138 Å². The maximum atomic E-state index is 13.2. The van der Waals surface area contributed by atoms with E-state index >= 15 is 0 Å². The normalized spacial score (nSPS) is 10.5. The molecule has 1 heterocycles. The van der Waals surface area contributed by atoms with Crippen molar-refractivity contribution in [2.24, 2.45) is 0 Å². The standard InChI is InChI=1S/C17H16FN3O3/c1-22-12-8-13(17(24-3)14(9-12)23-2)16-15(19-21-20-16)10-4-6-11(18)7-5-10/h4-9H,1-3H3,(H,19,20,21). The topological polar surface area (TPSA) is 69.3 Å². The molecule has 3 rings (SSSR count). The first-order valence-corrected chi connectivity index (χ1v) is 7.15. The maximum absolute atomic E-state index is 13.2. The van der Waals surface area contributed by atoms with Crippen LogP contribution < -0.4 is 14.2 Å². The molecule has 0 saturated carbocycles.